The molecule has 0 radical (unpaired) electrons. The topological polar surface area (TPSA) is 49.4 Å². The Morgan fingerprint density at radius 3 is 2.09 bits per heavy atom. The number of halogens is 1. The number of benzene rings is 3. The van der Waals surface area contributed by atoms with E-state index in [9.17, 15) is 9.59 Å². The summed E-state index contributed by atoms with van der Waals surface area (Å²) in [5.74, 6) is -0.377. The summed E-state index contributed by atoms with van der Waals surface area (Å²) < 4.78 is 0. The molecule has 1 aliphatic rings. The number of nitrogens with one attached hydrogen (secondary N) is 1. The number of anilines is 2. The molecule has 3 aromatic carbocycles. The van der Waals surface area contributed by atoms with Gasteiger partial charge in [-0.2, -0.15) is 0 Å². The number of amides is 2. The number of hydrogen-bond donors (Lipinski definition) is 1. The molecule has 0 aliphatic carbocycles. The molecule has 0 atom stereocenters. The van der Waals surface area contributed by atoms with Gasteiger partial charge in [-0.3, -0.25) is 9.59 Å². The minimum Gasteiger partial charge on any atom is -0.350 e. The van der Waals surface area contributed by atoms with E-state index in [4.69, 9.17) is 11.6 Å². The van der Waals surface area contributed by atoms with E-state index in [1.54, 1.807) is 24.3 Å². The largest absolute Gasteiger partial charge is 0.350 e. The second-order valence-corrected chi connectivity index (χ2v) is 8.83. The van der Waals surface area contributed by atoms with Crippen LogP contribution in [0.15, 0.2) is 72.4 Å². The van der Waals surface area contributed by atoms with Gasteiger partial charge in [-0.15, -0.1) is 0 Å². The first-order chi connectivity index (χ1) is 15.3. The van der Waals surface area contributed by atoms with E-state index in [1.165, 1.54) is 4.90 Å². The third kappa shape index (κ3) is 4.06. The molecule has 32 heavy (non-hydrogen) atoms. The number of carbonyl (C=O) groups excluding carboxylic acids is 2. The summed E-state index contributed by atoms with van der Waals surface area (Å²) in [5, 5.41) is 3.81. The highest BCUT2D eigenvalue weighted by atomic mass is 35.5. The number of rotatable bonds is 5. The first kappa shape index (κ1) is 21.8. The molecule has 0 bridgehead atoms. The fourth-order valence-electron chi connectivity index (χ4n) is 3.86. The Balaban J connectivity index is 1.80. The summed E-state index contributed by atoms with van der Waals surface area (Å²) in [6.07, 6.45) is 0. The lowest BCUT2D eigenvalue weighted by molar-refractivity contribution is -0.120. The van der Waals surface area contributed by atoms with E-state index in [0.717, 1.165) is 22.4 Å². The number of imide groups is 1. The average Bonchev–Trinajstić information content (AvgIpc) is 3.00. The van der Waals surface area contributed by atoms with Gasteiger partial charge in [0.2, 0.25) is 0 Å². The van der Waals surface area contributed by atoms with Gasteiger partial charge in [0.05, 0.1) is 11.3 Å². The molecule has 0 unspecified atom stereocenters. The molecule has 0 saturated carbocycles. The normalized spacial score (nSPS) is 14.0. The van der Waals surface area contributed by atoms with E-state index in [2.05, 4.69) is 19.2 Å². The first-order valence-electron chi connectivity index (χ1n) is 10.6. The van der Waals surface area contributed by atoms with Crippen molar-refractivity contribution in [1.29, 1.82) is 0 Å². The van der Waals surface area contributed by atoms with Gasteiger partial charge in [0.1, 0.15) is 5.70 Å². The van der Waals surface area contributed by atoms with Crippen molar-refractivity contribution in [1.82, 2.24) is 0 Å². The molecule has 0 spiro atoms. The van der Waals surface area contributed by atoms with Crippen molar-refractivity contribution >= 4 is 40.4 Å². The highest BCUT2D eigenvalue weighted by molar-refractivity contribution is 6.46. The number of hydrogen-bond acceptors (Lipinski definition) is 3. The summed E-state index contributed by atoms with van der Waals surface area (Å²) in [5.41, 5.74) is 5.84. The Morgan fingerprint density at radius 1 is 0.844 bits per heavy atom. The quantitative estimate of drug-likeness (QED) is 0.458. The lowest BCUT2D eigenvalue weighted by Crippen LogP contribution is -2.32. The Bertz CT molecular complexity index is 1230. The van der Waals surface area contributed by atoms with E-state index < -0.39 is 0 Å². The van der Waals surface area contributed by atoms with Crippen molar-refractivity contribution in [2.75, 3.05) is 10.2 Å². The summed E-state index contributed by atoms with van der Waals surface area (Å²) in [7, 11) is 0. The molecule has 1 heterocycles. The van der Waals surface area contributed by atoms with Gasteiger partial charge >= 0.3 is 0 Å². The van der Waals surface area contributed by atoms with E-state index in [-0.39, 0.29) is 17.5 Å². The molecule has 162 valence electrons. The zero-order chi connectivity index (χ0) is 23.0. The lowest BCUT2D eigenvalue weighted by Gasteiger charge is -2.17. The summed E-state index contributed by atoms with van der Waals surface area (Å²) in [6, 6.07) is 20.5. The van der Waals surface area contributed by atoms with Crippen LogP contribution in [0.2, 0.25) is 5.02 Å². The minimum atomic E-state index is -0.378. The first-order valence-corrected chi connectivity index (χ1v) is 11.0. The third-order valence-corrected chi connectivity index (χ3v) is 5.93. The second kappa shape index (κ2) is 8.64. The van der Waals surface area contributed by atoms with Crippen molar-refractivity contribution in [2.45, 2.75) is 33.6 Å². The van der Waals surface area contributed by atoms with Gasteiger partial charge in [0.15, 0.2) is 0 Å². The molecular formula is C27H25ClN2O2. The predicted octanol–water partition coefficient (Wildman–Crippen LogP) is 6.48. The van der Waals surface area contributed by atoms with Crippen LogP contribution in [0.5, 0.6) is 0 Å². The number of nitrogens with zero attached hydrogens (tertiary/aromatic N) is 1. The van der Waals surface area contributed by atoms with Gasteiger partial charge in [0, 0.05) is 10.7 Å². The Kier molecular flexibility index (Phi) is 5.90. The summed E-state index contributed by atoms with van der Waals surface area (Å²) >= 11 is 6.06. The van der Waals surface area contributed by atoms with Crippen LogP contribution in [0.4, 0.5) is 11.4 Å². The molecule has 3 aromatic rings. The molecule has 2 amide bonds. The Labute approximate surface area is 193 Å². The monoisotopic (exact) mass is 444 g/mol. The van der Waals surface area contributed by atoms with Gasteiger partial charge in [-0.25, -0.2) is 4.90 Å². The molecule has 1 aliphatic heterocycles. The van der Waals surface area contributed by atoms with E-state index in [0.29, 0.717) is 27.8 Å². The molecule has 4 rings (SSSR count). The smallest absolute Gasteiger partial charge is 0.282 e. The summed E-state index contributed by atoms with van der Waals surface area (Å²) in [6.45, 7) is 8.20. The predicted molar refractivity (Wildman–Crippen MR) is 131 cm³/mol. The highest BCUT2D eigenvalue weighted by Crippen LogP contribution is 2.35. The van der Waals surface area contributed by atoms with Crippen LogP contribution in [0.3, 0.4) is 0 Å². The van der Waals surface area contributed by atoms with Crippen molar-refractivity contribution in [3.63, 3.8) is 0 Å². The molecule has 5 heteroatoms. The van der Waals surface area contributed by atoms with Crippen LogP contribution in [0.25, 0.3) is 5.57 Å². The minimum absolute atomic E-state index is 0.261. The standard InChI is InChI=1S/C27H25ClN2O2/c1-16(2)19-8-12-22(13-9-19)30-26(31)24(20-6-10-21(28)11-7-20)25(27(30)32)29-23-14-5-17(3)15-18(23)4/h5-16,29H,1-4H3. The average molecular weight is 445 g/mol. The second-order valence-electron chi connectivity index (χ2n) is 8.39. The van der Waals surface area contributed by atoms with Gasteiger partial charge < -0.3 is 5.32 Å². The maximum atomic E-state index is 13.5. The molecule has 0 fully saturated rings. The molecule has 0 aromatic heterocycles. The van der Waals surface area contributed by atoms with Gasteiger partial charge in [-0.1, -0.05) is 67.4 Å². The van der Waals surface area contributed by atoms with Gasteiger partial charge in [0.25, 0.3) is 11.8 Å². The van der Waals surface area contributed by atoms with Crippen LogP contribution in [-0.2, 0) is 9.59 Å². The zero-order valence-electron chi connectivity index (χ0n) is 18.6. The van der Waals surface area contributed by atoms with Crippen LogP contribution in [0.1, 0.15) is 42.0 Å². The molecule has 4 nitrogen and oxygen atoms in total. The Morgan fingerprint density at radius 2 is 1.50 bits per heavy atom. The SMILES string of the molecule is Cc1ccc(NC2=C(c3ccc(Cl)cc3)C(=O)N(c3ccc(C(C)C)cc3)C2=O)c(C)c1. The number of carbonyl (C=O) groups is 2. The van der Waals surface area contributed by atoms with Crippen LogP contribution < -0.4 is 10.2 Å². The van der Waals surface area contributed by atoms with Crippen molar-refractivity contribution in [2.24, 2.45) is 0 Å². The lowest BCUT2D eigenvalue weighted by atomic mass is 10.0. The maximum Gasteiger partial charge on any atom is 0.282 e. The molecule has 0 saturated heterocycles. The van der Waals surface area contributed by atoms with Crippen LogP contribution in [0, 0.1) is 13.8 Å². The fraction of sp³-hybridized carbons (Fsp3) is 0.185. The number of aryl methyl sites for hydroxylation is 2. The van der Waals surface area contributed by atoms with Crippen molar-refractivity contribution < 1.29 is 9.59 Å². The van der Waals surface area contributed by atoms with Crippen molar-refractivity contribution in [3.05, 3.63) is 99.7 Å². The molecular weight excluding hydrogens is 420 g/mol. The van der Waals surface area contributed by atoms with Crippen molar-refractivity contribution in [3.8, 4) is 0 Å². The van der Waals surface area contributed by atoms with Crippen LogP contribution >= 0.6 is 11.6 Å². The zero-order valence-corrected chi connectivity index (χ0v) is 19.3. The summed E-state index contributed by atoms with van der Waals surface area (Å²) in [4.78, 5) is 28.3. The van der Waals surface area contributed by atoms with Crippen LogP contribution in [-0.4, -0.2) is 11.8 Å². The molecule has 1 N–H and O–H groups in total. The Hall–Kier alpha value is -3.37. The van der Waals surface area contributed by atoms with E-state index in [1.807, 2.05) is 56.3 Å². The van der Waals surface area contributed by atoms with E-state index >= 15 is 0 Å². The third-order valence-electron chi connectivity index (χ3n) is 5.68. The van der Waals surface area contributed by atoms with Gasteiger partial charge in [-0.05, 0) is 66.8 Å². The highest BCUT2D eigenvalue weighted by Gasteiger charge is 2.40. The fourth-order valence-corrected chi connectivity index (χ4v) is 3.99. The maximum absolute atomic E-state index is 13.5.